The third-order valence-electron chi connectivity index (χ3n) is 8.93. The molecule has 0 unspecified atom stereocenters. The number of fused-ring (bicyclic) bond motifs is 1. The Hall–Kier alpha value is -2.84. The molecule has 0 bridgehead atoms. The lowest BCUT2D eigenvalue weighted by Gasteiger charge is -2.43. The maximum absolute atomic E-state index is 16.1. The van der Waals surface area contributed by atoms with Gasteiger partial charge in [0, 0.05) is 97.4 Å². The van der Waals surface area contributed by atoms with Gasteiger partial charge in [0.1, 0.15) is 16.9 Å². The predicted molar refractivity (Wildman–Crippen MR) is 199 cm³/mol. The minimum atomic E-state index is -0.487. The Morgan fingerprint density at radius 3 is 2.47 bits per heavy atom. The lowest BCUT2D eigenvalue weighted by molar-refractivity contribution is 0.0174. The molecule has 2 aliphatic heterocycles. The lowest BCUT2D eigenvalue weighted by Crippen LogP contribution is -2.49. The minimum Gasteiger partial charge on any atom is -0.454 e. The molecule has 0 N–H and O–H groups in total. The number of hydrogen-bond acceptors (Lipinski definition) is 7. The summed E-state index contributed by atoms with van der Waals surface area (Å²) in [5.41, 5.74) is 2.20. The van der Waals surface area contributed by atoms with E-state index < -0.39 is 5.60 Å². The highest BCUT2D eigenvalue weighted by atomic mass is 127. The fraction of sp³-hybridized carbons (Fsp3) is 0.429. The maximum atomic E-state index is 16.1. The second kappa shape index (κ2) is 13.9. The molecule has 4 aromatic rings. The number of carbonyl (C=O) groups is 1. The maximum Gasteiger partial charge on any atom is 0.410 e. The molecule has 2 aliphatic rings. The minimum absolute atomic E-state index is 0.0840. The van der Waals surface area contributed by atoms with E-state index in [-0.39, 0.29) is 23.2 Å². The number of ether oxygens (including phenoxy) is 2. The quantitative estimate of drug-likeness (QED) is 0.130. The molecule has 2 saturated heterocycles. The van der Waals surface area contributed by atoms with Crippen LogP contribution < -0.4 is 15.2 Å². The zero-order chi connectivity index (χ0) is 33.5. The van der Waals surface area contributed by atoms with Crippen LogP contribution >= 0.6 is 42.1 Å². The summed E-state index contributed by atoms with van der Waals surface area (Å²) in [6.07, 6.45) is 8.51. The van der Waals surface area contributed by atoms with Gasteiger partial charge in [0.05, 0.1) is 5.69 Å². The van der Waals surface area contributed by atoms with Gasteiger partial charge in [0.25, 0.3) is 5.56 Å². The van der Waals surface area contributed by atoms with Crippen LogP contribution in [-0.2, 0) is 11.8 Å². The summed E-state index contributed by atoms with van der Waals surface area (Å²) >= 11 is 3.78. The number of thioether (sulfide) groups is 1. The number of amides is 1. The van der Waals surface area contributed by atoms with E-state index in [4.69, 9.17) is 9.47 Å². The second-order valence-corrected chi connectivity index (χ2v) is 16.0. The summed E-state index contributed by atoms with van der Waals surface area (Å²) in [5, 5.41) is 0.816. The molecule has 2 aromatic heterocycles. The number of rotatable bonds is 8. The average Bonchev–Trinajstić information content (AvgIpc) is 3.46. The van der Waals surface area contributed by atoms with E-state index >= 15 is 4.39 Å². The number of aromatic nitrogens is 2. The molecule has 6 rings (SSSR count). The zero-order valence-electron chi connectivity index (χ0n) is 27.3. The summed E-state index contributed by atoms with van der Waals surface area (Å²) in [7, 11) is 3.18. The monoisotopic (exact) mass is 790 g/mol. The van der Waals surface area contributed by atoms with Gasteiger partial charge in [-0.1, -0.05) is 6.07 Å². The van der Waals surface area contributed by atoms with E-state index in [9.17, 15) is 9.59 Å². The number of likely N-dealkylation sites (tertiary alicyclic amines) is 1. The van der Waals surface area contributed by atoms with Crippen molar-refractivity contribution in [3.05, 3.63) is 71.0 Å². The van der Waals surface area contributed by atoms with Gasteiger partial charge in [-0.3, -0.25) is 8.77 Å². The van der Waals surface area contributed by atoms with Gasteiger partial charge in [0.15, 0.2) is 11.6 Å². The molecule has 12 heteroatoms. The molecule has 8 nitrogen and oxygen atoms in total. The first-order valence-electron chi connectivity index (χ1n) is 15.8. The molecular weight excluding hydrogens is 750 g/mol. The van der Waals surface area contributed by atoms with Gasteiger partial charge in [-0.2, -0.15) is 0 Å². The van der Waals surface area contributed by atoms with E-state index in [1.165, 1.54) is 9.12 Å². The fourth-order valence-electron chi connectivity index (χ4n) is 6.54. The molecule has 250 valence electrons. The lowest BCUT2D eigenvalue weighted by atomic mass is 9.83. The zero-order valence-corrected chi connectivity index (χ0v) is 31.1. The Morgan fingerprint density at radius 2 is 1.79 bits per heavy atom. The molecule has 0 aliphatic carbocycles. The van der Waals surface area contributed by atoms with E-state index in [0.717, 1.165) is 66.9 Å². The average molecular weight is 791 g/mol. The van der Waals surface area contributed by atoms with Crippen LogP contribution in [0.5, 0.6) is 11.5 Å². The Labute approximate surface area is 295 Å². The van der Waals surface area contributed by atoms with Gasteiger partial charge in [-0.25, -0.2) is 9.18 Å². The summed E-state index contributed by atoms with van der Waals surface area (Å²) < 4.78 is 31.4. The van der Waals surface area contributed by atoms with Crippen LogP contribution in [0.1, 0.15) is 40.0 Å². The van der Waals surface area contributed by atoms with Crippen molar-refractivity contribution in [1.29, 1.82) is 0 Å². The van der Waals surface area contributed by atoms with Crippen molar-refractivity contribution in [3.8, 4) is 22.6 Å². The molecule has 47 heavy (non-hydrogen) atoms. The van der Waals surface area contributed by atoms with Crippen molar-refractivity contribution in [2.75, 3.05) is 37.3 Å². The van der Waals surface area contributed by atoms with Crippen LogP contribution in [0.15, 0.2) is 64.5 Å². The largest absolute Gasteiger partial charge is 0.454 e. The highest BCUT2D eigenvalue weighted by Crippen LogP contribution is 2.42. The molecule has 0 atom stereocenters. The molecular formula is C35H40FIN4O4S2. The predicted octanol–water partition coefficient (Wildman–Crippen LogP) is 8.98. The van der Waals surface area contributed by atoms with Crippen molar-refractivity contribution in [2.24, 2.45) is 18.9 Å². The van der Waals surface area contributed by atoms with Gasteiger partial charge in [-0.05, 0) is 94.5 Å². The SMILES string of the molecule is CSc1ccc(Oc2cccc(N3CC(CC4CCN(C(=O)OC(C)(C)C)CC4)C3)c2F)c(-c2cn(C)c(=O)c3c2ccn3SI)c1. The molecule has 0 spiro atoms. The highest BCUT2D eigenvalue weighted by Gasteiger charge is 2.34. The van der Waals surface area contributed by atoms with Crippen molar-refractivity contribution in [2.45, 2.75) is 50.5 Å². The van der Waals surface area contributed by atoms with Gasteiger partial charge >= 0.3 is 6.09 Å². The number of halogens is 2. The number of pyridine rings is 1. The molecule has 1 amide bonds. The van der Waals surface area contributed by atoms with Gasteiger partial charge in [-0.15, -0.1) is 11.8 Å². The molecule has 2 fully saturated rings. The number of anilines is 1. The number of piperidine rings is 1. The first-order valence-corrected chi connectivity index (χ1v) is 20.4. The van der Waals surface area contributed by atoms with Crippen molar-refractivity contribution in [3.63, 3.8) is 0 Å². The second-order valence-electron chi connectivity index (χ2n) is 13.4. The summed E-state index contributed by atoms with van der Waals surface area (Å²) in [4.78, 5) is 30.4. The third kappa shape index (κ3) is 7.29. The van der Waals surface area contributed by atoms with E-state index in [2.05, 4.69) is 26.1 Å². The smallest absolute Gasteiger partial charge is 0.410 e. The van der Waals surface area contributed by atoms with Gasteiger partial charge in [0.2, 0.25) is 0 Å². The number of benzene rings is 2. The molecule has 4 heterocycles. The van der Waals surface area contributed by atoms with Crippen LogP contribution in [0, 0.1) is 17.7 Å². The summed E-state index contributed by atoms with van der Waals surface area (Å²) in [5.74, 6) is 1.35. The topological polar surface area (TPSA) is 68.9 Å². The van der Waals surface area contributed by atoms with Crippen LogP contribution in [0.25, 0.3) is 22.0 Å². The number of nitrogens with zero attached hydrogens (tertiary/aromatic N) is 4. The summed E-state index contributed by atoms with van der Waals surface area (Å²) in [6, 6.07) is 13.1. The van der Waals surface area contributed by atoms with E-state index in [1.54, 1.807) is 29.4 Å². The number of carbonyl (C=O) groups excluding carboxylic acids is 1. The van der Waals surface area contributed by atoms with E-state index in [0.29, 0.717) is 28.8 Å². The molecule has 0 radical (unpaired) electrons. The molecule has 2 aromatic carbocycles. The van der Waals surface area contributed by atoms with Crippen LogP contribution in [0.3, 0.4) is 0 Å². The van der Waals surface area contributed by atoms with Crippen LogP contribution in [-0.4, -0.2) is 57.6 Å². The standard InChI is InChI=1S/C35H40FIN4O4S2/c1-35(2,3)45-34(43)39-14-11-22(12-15-39)17-23-19-40(20-23)28-7-6-8-30(31(28)36)44-29-10-9-24(46-5)18-26(29)27-21-38(4)33(42)32-25(27)13-16-41(32)47-37/h6-10,13,16,18,21-23H,11-12,14-15,17,19-20H2,1-5H3. The number of hydrogen-bond donors (Lipinski definition) is 0. The fourth-order valence-corrected chi connectivity index (χ4v) is 8.32. The first kappa shape index (κ1) is 34.0. The third-order valence-corrected chi connectivity index (χ3v) is 11.4. The van der Waals surface area contributed by atoms with Crippen LogP contribution in [0.4, 0.5) is 14.9 Å². The highest BCUT2D eigenvalue weighted by molar-refractivity contribution is 14.2. The van der Waals surface area contributed by atoms with Crippen molar-refractivity contribution in [1.82, 2.24) is 13.4 Å². The van der Waals surface area contributed by atoms with Crippen LogP contribution in [0.2, 0.25) is 0 Å². The number of aryl methyl sites for hydroxylation is 1. The van der Waals surface area contributed by atoms with E-state index in [1.807, 2.05) is 84.7 Å². The normalized spacial score (nSPS) is 16.1. The van der Waals surface area contributed by atoms with Crippen molar-refractivity contribution < 1.29 is 18.7 Å². The van der Waals surface area contributed by atoms with Crippen molar-refractivity contribution >= 4 is 64.8 Å². The Morgan fingerprint density at radius 1 is 1.04 bits per heavy atom. The Balaban J connectivity index is 1.16. The molecule has 0 saturated carbocycles. The Bertz CT molecular complexity index is 1840. The summed E-state index contributed by atoms with van der Waals surface area (Å²) in [6.45, 7) is 8.70. The Kier molecular flexibility index (Phi) is 10.1. The first-order chi connectivity index (χ1) is 22.5. The van der Waals surface area contributed by atoms with Gasteiger partial charge < -0.3 is 23.8 Å².